The number of aryl methyl sites for hydroxylation is 1. The highest BCUT2D eigenvalue weighted by Crippen LogP contribution is 2.31. The van der Waals surface area contributed by atoms with E-state index in [1.807, 2.05) is 43.3 Å². The van der Waals surface area contributed by atoms with Crippen molar-refractivity contribution in [3.8, 4) is 11.5 Å². The first-order valence-corrected chi connectivity index (χ1v) is 7.07. The molecule has 1 saturated carbocycles. The molecule has 1 fully saturated rings. The number of nitrogens with one attached hydrogen (secondary N) is 1. The summed E-state index contributed by atoms with van der Waals surface area (Å²) in [5.74, 6) is 1.73. The highest BCUT2D eigenvalue weighted by atomic mass is 16.5. The van der Waals surface area contributed by atoms with Crippen LogP contribution in [0.1, 0.15) is 18.4 Å². The van der Waals surface area contributed by atoms with Crippen molar-refractivity contribution in [1.29, 1.82) is 0 Å². The molecule has 0 aliphatic heterocycles. The number of rotatable bonds is 4. The zero-order chi connectivity index (χ0) is 14.8. The Balaban J connectivity index is 1.74. The Kier molecular flexibility index (Phi) is 3.52. The second-order valence-electron chi connectivity index (χ2n) is 5.42. The second-order valence-corrected chi connectivity index (χ2v) is 5.42. The lowest BCUT2D eigenvalue weighted by Crippen LogP contribution is -2.13. The number of anilines is 2. The summed E-state index contributed by atoms with van der Waals surface area (Å²) in [7, 11) is 0. The van der Waals surface area contributed by atoms with Gasteiger partial charge in [-0.1, -0.05) is 6.07 Å². The van der Waals surface area contributed by atoms with Crippen molar-refractivity contribution in [2.45, 2.75) is 19.8 Å². The number of carbonyl (C=O) groups is 1. The molecule has 0 spiro atoms. The van der Waals surface area contributed by atoms with Crippen LogP contribution >= 0.6 is 0 Å². The van der Waals surface area contributed by atoms with E-state index in [9.17, 15) is 4.79 Å². The fourth-order valence-corrected chi connectivity index (χ4v) is 2.14. The van der Waals surface area contributed by atoms with Crippen LogP contribution in [0.5, 0.6) is 11.5 Å². The molecule has 2 aromatic rings. The SMILES string of the molecule is Cc1cc(N)ccc1Oc1cccc(NC(=O)C2CC2)c1. The highest BCUT2D eigenvalue weighted by Gasteiger charge is 2.29. The number of ether oxygens (including phenoxy) is 1. The van der Waals surface area contributed by atoms with Gasteiger partial charge in [0, 0.05) is 23.4 Å². The normalized spacial score (nSPS) is 13.8. The lowest BCUT2D eigenvalue weighted by atomic mass is 10.2. The molecule has 1 aliphatic carbocycles. The minimum Gasteiger partial charge on any atom is -0.457 e. The number of benzene rings is 2. The molecule has 108 valence electrons. The fraction of sp³-hybridized carbons (Fsp3) is 0.235. The van der Waals surface area contributed by atoms with Crippen molar-refractivity contribution in [2.75, 3.05) is 11.1 Å². The Morgan fingerprint density at radius 2 is 2.05 bits per heavy atom. The molecule has 0 radical (unpaired) electrons. The molecule has 3 rings (SSSR count). The van der Waals surface area contributed by atoms with Crippen LogP contribution in [0.25, 0.3) is 0 Å². The molecule has 0 bridgehead atoms. The van der Waals surface area contributed by atoms with Crippen LogP contribution < -0.4 is 15.8 Å². The molecular formula is C17H18N2O2. The van der Waals surface area contributed by atoms with Gasteiger partial charge in [0.1, 0.15) is 11.5 Å². The van der Waals surface area contributed by atoms with Gasteiger partial charge in [-0.25, -0.2) is 0 Å². The van der Waals surface area contributed by atoms with Gasteiger partial charge < -0.3 is 15.8 Å². The summed E-state index contributed by atoms with van der Waals surface area (Å²) < 4.78 is 5.86. The van der Waals surface area contributed by atoms with Gasteiger partial charge in [-0.3, -0.25) is 4.79 Å². The van der Waals surface area contributed by atoms with E-state index < -0.39 is 0 Å². The first-order chi connectivity index (χ1) is 10.1. The molecule has 0 saturated heterocycles. The van der Waals surface area contributed by atoms with Crippen LogP contribution in [-0.4, -0.2) is 5.91 Å². The van der Waals surface area contributed by atoms with Crippen LogP contribution in [-0.2, 0) is 4.79 Å². The Morgan fingerprint density at radius 1 is 1.24 bits per heavy atom. The predicted octanol–water partition coefficient (Wildman–Crippen LogP) is 3.72. The number of nitrogens with two attached hydrogens (primary N) is 1. The summed E-state index contributed by atoms with van der Waals surface area (Å²) in [6.07, 6.45) is 1.99. The van der Waals surface area contributed by atoms with Crippen molar-refractivity contribution in [1.82, 2.24) is 0 Å². The standard InChI is InChI=1S/C17H18N2O2/c1-11-9-13(18)7-8-16(11)21-15-4-2-3-14(10-15)19-17(20)12-5-6-12/h2-4,7-10,12H,5-6,18H2,1H3,(H,19,20). The number of hydrogen-bond acceptors (Lipinski definition) is 3. The average molecular weight is 282 g/mol. The maximum absolute atomic E-state index is 11.8. The zero-order valence-electron chi connectivity index (χ0n) is 11.9. The van der Waals surface area contributed by atoms with E-state index in [-0.39, 0.29) is 11.8 Å². The Bertz CT molecular complexity index is 678. The van der Waals surface area contributed by atoms with E-state index in [1.54, 1.807) is 6.07 Å². The van der Waals surface area contributed by atoms with Gasteiger partial charge in [0.2, 0.25) is 5.91 Å². The second kappa shape index (κ2) is 5.48. The van der Waals surface area contributed by atoms with Crippen molar-refractivity contribution in [2.24, 2.45) is 5.92 Å². The van der Waals surface area contributed by atoms with Crippen LogP contribution in [0.15, 0.2) is 42.5 Å². The smallest absolute Gasteiger partial charge is 0.227 e. The molecule has 3 N–H and O–H groups in total. The largest absolute Gasteiger partial charge is 0.457 e. The molecule has 2 aromatic carbocycles. The maximum Gasteiger partial charge on any atom is 0.227 e. The van der Waals surface area contributed by atoms with Crippen molar-refractivity contribution in [3.05, 3.63) is 48.0 Å². The van der Waals surface area contributed by atoms with Crippen LogP contribution in [0, 0.1) is 12.8 Å². The number of carbonyl (C=O) groups excluding carboxylic acids is 1. The summed E-state index contributed by atoms with van der Waals surface area (Å²) in [6, 6.07) is 12.9. The van der Waals surface area contributed by atoms with Gasteiger partial charge in [0.25, 0.3) is 0 Å². The Labute approximate surface area is 123 Å². The van der Waals surface area contributed by atoms with E-state index in [1.165, 1.54) is 0 Å². The molecule has 0 heterocycles. The van der Waals surface area contributed by atoms with Gasteiger partial charge in [-0.15, -0.1) is 0 Å². The molecule has 4 heteroatoms. The van der Waals surface area contributed by atoms with E-state index in [0.717, 1.165) is 29.8 Å². The van der Waals surface area contributed by atoms with Gasteiger partial charge in [0.15, 0.2) is 0 Å². The molecule has 21 heavy (non-hydrogen) atoms. The monoisotopic (exact) mass is 282 g/mol. The molecule has 0 atom stereocenters. The van der Waals surface area contributed by atoms with Crippen LogP contribution in [0.4, 0.5) is 11.4 Å². The summed E-state index contributed by atoms with van der Waals surface area (Å²) in [6.45, 7) is 1.95. The Hall–Kier alpha value is -2.49. The molecular weight excluding hydrogens is 264 g/mol. The highest BCUT2D eigenvalue weighted by molar-refractivity contribution is 5.94. The first kappa shape index (κ1) is 13.5. The molecule has 1 aliphatic rings. The lowest BCUT2D eigenvalue weighted by Gasteiger charge is -2.11. The van der Waals surface area contributed by atoms with Crippen molar-refractivity contribution >= 4 is 17.3 Å². The zero-order valence-corrected chi connectivity index (χ0v) is 11.9. The number of hydrogen-bond donors (Lipinski definition) is 2. The third kappa shape index (κ3) is 3.34. The summed E-state index contributed by atoms with van der Waals surface area (Å²) >= 11 is 0. The number of nitrogen functional groups attached to an aromatic ring is 1. The topological polar surface area (TPSA) is 64.3 Å². The van der Waals surface area contributed by atoms with Crippen molar-refractivity contribution < 1.29 is 9.53 Å². The van der Waals surface area contributed by atoms with E-state index in [4.69, 9.17) is 10.5 Å². The minimum absolute atomic E-state index is 0.0933. The van der Waals surface area contributed by atoms with Crippen LogP contribution in [0.3, 0.4) is 0 Å². The van der Waals surface area contributed by atoms with Gasteiger partial charge >= 0.3 is 0 Å². The fourth-order valence-electron chi connectivity index (χ4n) is 2.14. The molecule has 0 unspecified atom stereocenters. The van der Waals surface area contributed by atoms with Crippen LogP contribution in [0.2, 0.25) is 0 Å². The van der Waals surface area contributed by atoms with Gasteiger partial charge in [-0.2, -0.15) is 0 Å². The summed E-state index contributed by atoms with van der Waals surface area (Å²) in [5.41, 5.74) is 8.18. The minimum atomic E-state index is 0.0933. The third-order valence-corrected chi connectivity index (χ3v) is 3.48. The van der Waals surface area contributed by atoms with E-state index in [2.05, 4.69) is 5.32 Å². The Morgan fingerprint density at radius 3 is 2.76 bits per heavy atom. The van der Waals surface area contributed by atoms with E-state index in [0.29, 0.717) is 11.4 Å². The predicted molar refractivity (Wildman–Crippen MR) is 83.5 cm³/mol. The third-order valence-electron chi connectivity index (χ3n) is 3.48. The summed E-state index contributed by atoms with van der Waals surface area (Å²) in [4.78, 5) is 11.8. The molecule has 0 aromatic heterocycles. The van der Waals surface area contributed by atoms with Crippen molar-refractivity contribution in [3.63, 3.8) is 0 Å². The molecule has 1 amide bonds. The first-order valence-electron chi connectivity index (χ1n) is 7.07. The summed E-state index contributed by atoms with van der Waals surface area (Å²) in [5, 5.41) is 2.91. The number of amides is 1. The quantitative estimate of drug-likeness (QED) is 0.840. The molecule has 4 nitrogen and oxygen atoms in total. The van der Waals surface area contributed by atoms with E-state index >= 15 is 0 Å². The average Bonchev–Trinajstić information content (AvgIpc) is 3.27. The van der Waals surface area contributed by atoms with Gasteiger partial charge in [-0.05, 0) is 55.7 Å². The lowest BCUT2D eigenvalue weighted by molar-refractivity contribution is -0.117. The van der Waals surface area contributed by atoms with Gasteiger partial charge in [0.05, 0.1) is 0 Å². The maximum atomic E-state index is 11.8.